The molecule has 2 unspecified atom stereocenters. The SMILES string of the molecule is COC1CN(Cc2cccc(CNC(C)C)c2)CCC1C. The Bertz CT molecular complexity index is 433. The minimum Gasteiger partial charge on any atom is -0.380 e. The lowest BCUT2D eigenvalue weighted by molar-refractivity contribution is -0.00745. The Hall–Kier alpha value is -0.900. The lowest BCUT2D eigenvalue weighted by atomic mass is 9.95. The van der Waals surface area contributed by atoms with E-state index >= 15 is 0 Å². The second kappa shape index (κ2) is 7.92. The molecule has 0 aliphatic carbocycles. The summed E-state index contributed by atoms with van der Waals surface area (Å²) >= 11 is 0. The molecule has 21 heavy (non-hydrogen) atoms. The van der Waals surface area contributed by atoms with Crippen LogP contribution in [0.15, 0.2) is 24.3 Å². The van der Waals surface area contributed by atoms with Crippen LogP contribution in [-0.4, -0.2) is 37.2 Å². The average Bonchev–Trinajstić information content (AvgIpc) is 2.47. The van der Waals surface area contributed by atoms with Gasteiger partial charge in [-0.2, -0.15) is 0 Å². The molecule has 1 fully saturated rings. The largest absolute Gasteiger partial charge is 0.380 e. The molecule has 1 N–H and O–H groups in total. The number of methoxy groups -OCH3 is 1. The van der Waals surface area contributed by atoms with E-state index < -0.39 is 0 Å². The van der Waals surface area contributed by atoms with E-state index in [1.54, 1.807) is 0 Å². The Morgan fingerprint density at radius 1 is 1.33 bits per heavy atom. The van der Waals surface area contributed by atoms with Gasteiger partial charge in [-0.3, -0.25) is 4.90 Å². The summed E-state index contributed by atoms with van der Waals surface area (Å²) in [5.41, 5.74) is 2.78. The first kappa shape index (κ1) is 16.5. The van der Waals surface area contributed by atoms with Crippen molar-refractivity contribution < 1.29 is 4.74 Å². The van der Waals surface area contributed by atoms with E-state index in [4.69, 9.17) is 4.74 Å². The van der Waals surface area contributed by atoms with Crippen LogP contribution in [0.5, 0.6) is 0 Å². The molecule has 3 heteroatoms. The van der Waals surface area contributed by atoms with E-state index in [1.165, 1.54) is 24.1 Å². The van der Waals surface area contributed by atoms with Gasteiger partial charge in [-0.15, -0.1) is 0 Å². The number of rotatable bonds is 6. The van der Waals surface area contributed by atoms with Crippen LogP contribution >= 0.6 is 0 Å². The van der Waals surface area contributed by atoms with Crippen molar-refractivity contribution in [3.63, 3.8) is 0 Å². The fourth-order valence-electron chi connectivity index (χ4n) is 2.97. The third-order valence-corrected chi connectivity index (χ3v) is 4.39. The zero-order valence-corrected chi connectivity index (χ0v) is 13.9. The molecule has 1 aromatic carbocycles. The molecule has 0 radical (unpaired) electrons. The third-order valence-electron chi connectivity index (χ3n) is 4.39. The molecular formula is C18H30N2O. The van der Waals surface area contributed by atoms with Gasteiger partial charge in [0.05, 0.1) is 6.10 Å². The van der Waals surface area contributed by atoms with Gasteiger partial charge in [0.1, 0.15) is 0 Å². The molecule has 1 heterocycles. The lowest BCUT2D eigenvalue weighted by Crippen LogP contribution is -2.43. The zero-order chi connectivity index (χ0) is 15.2. The lowest BCUT2D eigenvalue weighted by Gasteiger charge is -2.36. The molecule has 2 atom stereocenters. The van der Waals surface area contributed by atoms with Crippen molar-refractivity contribution in [1.82, 2.24) is 10.2 Å². The van der Waals surface area contributed by atoms with Gasteiger partial charge < -0.3 is 10.1 Å². The fraction of sp³-hybridized carbons (Fsp3) is 0.667. The zero-order valence-electron chi connectivity index (χ0n) is 13.9. The molecule has 1 aliphatic heterocycles. The first-order valence-electron chi connectivity index (χ1n) is 8.15. The third kappa shape index (κ3) is 5.10. The number of likely N-dealkylation sites (tertiary alicyclic amines) is 1. The molecule has 3 nitrogen and oxygen atoms in total. The van der Waals surface area contributed by atoms with E-state index in [0.717, 1.165) is 19.6 Å². The van der Waals surface area contributed by atoms with Gasteiger partial charge in [-0.05, 0) is 30.0 Å². The topological polar surface area (TPSA) is 24.5 Å². The number of nitrogens with one attached hydrogen (secondary N) is 1. The summed E-state index contributed by atoms with van der Waals surface area (Å²) in [6.07, 6.45) is 1.61. The van der Waals surface area contributed by atoms with Crippen LogP contribution in [0.3, 0.4) is 0 Å². The smallest absolute Gasteiger partial charge is 0.0724 e. The van der Waals surface area contributed by atoms with Crippen molar-refractivity contribution in [3.05, 3.63) is 35.4 Å². The van der Waals surface area contributed by atoms with Crippen LogP contribution in [0.2, 0.25) is 0 Å². The van der Waals surface area contributed by atoms with Gasteiger partial charge >= 0.3 is 0 Å². The van der Waals surface area contributed by atoms with Crippen LogP contribution in [-0.2, 0) is 17.8 Å². The van der Waals surface area contributed by atoms with Gasteiger partial charge in [-0.25, -0.2) is 0 Å². The number of ether oxygens (including phenoxy) is 1. The van der Waals surface area contributed by atoms with Gasteiger partial charge in [0.2, 0.25) is 0 Å². The molecule has 0 amide bonds. The summed E-state index contributed by atoms with van der Waals surface area (Å²) in [5.74, 6) is 0.674. The summed E-state index contributed by atoms with van der Waals surface area (Å²) in [7, 11) is 1.84. The molecule has 2 rings (SSSR count). The summed E-state index contributed by atoms with van der Waals surface area (Å²) in [6.45, 7) is 10.9. The average molecular weight is 290 g/mol. The Morgan fingerprint density at radius 2 is 2.10 bits per heavy atom. The number of nitrogens with zero attached hydrogens (tertiary/aromatic N) is 1. The van der Waals surface area contributed by atoms with Crippen LogP contribution in [0.1, 0.15) is 38.3 Å². The molecule has 0 saturated carbocycles. The van der Waals surface area contributed by atoms with E-state index in [-0.39, 0.29) is 0 Å². The molecule has 0 aromatic heterocycles. The normalized spacial score (nSPS) is 23.7. The maximum atomic E-state index is 5.61. The minimum absolute atomic E-state index is 0.379. The number of hydrogen-bond donors (Lipinski definition) is 1. The van der Waals surface area contributed by atoms with Crippen molar-refractivity contribution in [3.8, 4) is 0 Å². The van der Waals surface area contributed by atoms with Gasteiger partial charge in [0, 0.05) is 32.8 Å². The molecule has 118 valence electrons. The Balaban J connectivity index is 1.92. The van der Waals surface area contributed by atoms with Crippen LogP contribution in [0, 0.1) is 5.92 Å². The maximum absolute atomic E-state index is 5.61. The predicted octanol–water partition coefficient (Wildman–Crippen LogP) is 3.04. The van der Waals surface area contributed by atoms with E-state index in [2.05, 4.69) is 55.3 Å². The van der Waals surface area contributed by atoms with Crippen molar-refractivity contribution >= 4 is 0 Å². The van der Waals surface area contributed by atoms with Gasteiger partial charge in [-0.1, -0.05) is 45.0 Å². The maximum Gasteiger partial charge on any atom is 0.0724 e. The quantitative estimate of drug-likeness (QED) is 0.871. The van der Waals surface area contributed by atoms with E-state index in [0.29, 0.717) is 18.1 Å². The fourth-order valence-corrected chi connectivity index (χ4v) is 2.97. The highest BCUT2D eigenvalue weighted by molar-refractivity contribution is 5.23. The van der Waals surface area contributed by atoms with Crippen molar-refractivity contribution in [1.29, 1.82) is 0 Å². The van der Waals surface area contributed by atoms with E-state index in [9.17, 15) is 0 Å². The second-order valence-corrected chi connectivity index (χ2v) is 6.63. The minimum atomic E-state index is 0.379. The first-order chi connectivity index (χ1) is 10.1. The Morgan fingerprint density at radius 3 is 2.81 bits per heavy atom. The highest BCUT2D eigenvalue weighted by atomic mass is 16.5. The predicted molar refractivity (Wildman–Crippen MR) is 88.3 cm³/mol. The number of benzene rings is 1. The Labute approximate surface area is 129 Å². The Kier molecular flexibility index (Phi) is 6.22. The molecular weight excluding hydrogens is 260 g/mol. The van der Waals surface area contributed by atoms with Gasteiger partial charge in [0.15, 0.2) is 0 Å². The molecule has 1 aliphatic rings. The number of piperidine rings is 1. The first-order valence-corrected chi connectivity index (χ1v) is 8.15. The molecule has 0 bridgehead atoms. The van der Waals surface area contributed by atoms with Crippen molar-refractivity contribution in [2.45, 2.75) is 52.4 Å². The summed E-state index contributed by atoms with van der Waals surface area (Å²) in [4.78, 5) is 2.52. The van der Waals surface area contributed by atoms with Crippen LogP contribution in [0.25, 0.3) is 0 Å². The molecule has 0 spiro atoms. The summed E-state index contributed by atoms with van der Waals surface area (Å²) in [5, 5.41) is 3.48. The number of hydrogen-bond acceptors (Lipinski definition) is 3. The van der Waals surface area contributed by atoms with Gasteiger partial charge in [0.25, 0.3) is 0 Å². The van der Waals surface area contributed by atoms with Crippen molar-refractivity contribution in [2.24, 2.45) is 5.92 Å². The highest BCUT2D eigenvalue weighted by Gasteiger charge is 2.25. The molecule has 1 saturated heterocycles. The van der Waals surface area contributed by atoms with Crippen LogP contribution in [0.4, 0.5) is 0 Å². The van der Waals surface area contributed by atoms with Crippen molar-refractivity contribution in [2.75, 3.05) is 20.2 Å². The summed E-state index contributed by atoms with van der Waals surface area (Å²) < 4.78 is 5.61. The highest BCUT2D eigenvalue weighted by Crippen LogP contribution is 2.21. The van der Waals surface area contributed by atoms with Crippen LogP contribution < -0.4 is 5.32 Å². The monoisotopic (exact) mass is 290 g/mol. The van der Waals surface area contributed by atoms with E-state index in [1.807, 2.05) is 7.11 Å². The molecule has 1 aromatic rings. The standard InChI is InChI=1S/C18H30N2O/c1-14(2)19-11-16-6-5-7-17(10-16)12-20-9-8-15(3)18(13-20)21-4/h5-7,10,14-15,18-19H,8-9,11-13H2,1-4H3. The second-order valence-electron chi connectivity index (χ2n) is 6.63. The summed E-state index contributed by atoms with van der Waals surface area (Å²) in [6, 6.07) is 9.47.